The summed E-state index contributed by atoms with van der Waals surface area (Å²) in [5.74, 6) is -0.897. The molecular weight excluding hydrogens is 192 g/mol. The number of aryl methyl sites for hydroxylation is 2. The van der Waals surface area contributed by atoms with Crippen molar-refractivity contribution in [3.63, 3.8) is 0 Å². The molecule has 0 aromatic heterocycles. The third-order valence-electron chi connectivity index (χ3n) is 2.82. The number of carboxylic acids is 1. The number of benzene rings is 1. The fourth-order valence-corrected chi connectivity index (χ4v) is 1.42. The van der Waals surface area contributed by atoms with Crippen molar-refractivity contribution in [2.75, 3.05) is 0 Å². The van der Waals surface area contributed by atoms with E-state index >= 15 is 0 Å². The summed E-state index contributed by atoms with van der Waals surface area (Å²) in [6.45, 7) is 6.95. The van der Waals surface area contributed by atoms with E-state index in [4.69, 9.17) is 5.11 Å². The summed E-state index contributed by atoms with van der Waals surface area (Å²) >= 11 is 0. The SMILES string of the molecule is Cc1cc(O)c(C(C)(C)C(=O)O)cc1C. The fraction of sp³-hybridized carbons (Fsp3) is 0.417. The van der Waals surface area contributed by atoms with E-state index in [1.54, 1.807) is 26.0 Å². The molecule has 1 rings (SSSR count). The lowest BCUT2D eigenvalue weighted by atomic mass is 9.82. The first-order valence-corrected chi connectivity index (χ1v) is 4.81. The lowest BCUT2D eigenvalue weighted by molar-refractivity contribution is -0.142. The van der Waals surface area contributed by atoms with E-state index < -0.39 is 11.4 Å². The zero-order valence-electron chi connectivity index (χ0n) is 9.46. The van der Waals surface area contributed by atoms with E-state index in [-0.39, 0.29) is 5.75 Å². The summed E-state index contributed by atoms with van der Waals surface area (Å²) in [5.41, 5.74) is 1.33. The number of carboxylic acid groups (broad SMARTS) is 1. The first-order chi connectivity index (χ1) is 6.76. The van der Waals surface area contributed by atoms with Gasteiger partial charge in [-0.1, -0.05) is 6.07 Å². The zero-order chi connectivity index (χ0) is 11.8. The summed E-state index contributed by atoms with van der Waals surface area (Å²) in [6, 6.07) is 3.34. The van der Waals surface area contributed by atoms with Crippen molar-refractivity contribution in [1.29, 1.82) is 0 Å². The number of hydrogen-bond donors (Lipinski definition) is 2. The van der Waals surface area contributed by atoms with Crippen LogP contribution in [0.2, 0.25) is 0 Å². The van der Waals surface area contributed by atoms with Crippen LogP contribution in [0.5, 0.6) is 5.75 Å². The lowest BCUT2D eigenvalue weighted by Crippen LogP contribution is -2.28. The standard InChI is InChI=1S/C12H16O3/c1-7-5-9(10(13)6-8(7)2)12(3,4)11(14)15/h5-6,13H,1-4H3,(H,14,15). The second kappa shape index (κ2) is 3.57. The Balaban J connectivity index is 3.38. The molecule has 1 aromatic rings. The first kappa shape index (κ1) is 11.6. The topological polar surface area (TPSA) is 57.5 Å². The lowest BCUT2D eigenvalue weighted by Gasteiger charge is -2.22. The average Bonchev–Trinajstić information content (AvgIpc) is 2.10. The fourth-order valence-electron chi connectivity index (χ4n) is 1.42. The van der Waals surface area contributed by atoms with E-state index in [2.05, 4.69) is 0 Å². The average molecular weight is 208 g/mol. The molecule has 82 valence electrons. The Morgan fingerprint density at radius 2 is 1.67 bits per heavy atom. The van der Waals surface area contributed by atoms with Crippen LogP contribution in [-0.4, -0.2) is 16.2 Å². The molecule has 0 heterocycles. The number of phenols is 1. The van der Waals surface area contributed by atoms with Crippen LogP contribution in [0.1, 0.15) is 30.5 Å². The van der Waals surface area contributed by atoms with Gasteiger partial charge in [0.1, 0.15) is 5.75 Å². The van der Waals surface area contributed by atoms with E-state index in [0.29, 0.717) is 5.56 Å². The molecule has 3 nitrogen and oxygen atoms in total. The second-order valence-corrected chi connectivity index (χ2v) is 4.38. The van der Waals surface area contributed by atoms with Crippen LogP contribution in [-0.2, 0) is 10.2 Å². The minimum atomic E-state index is -1.07. The maximum absolute atomic E-state index is 11.1. The van der Waals surface area contributed by atoms with Gasteiger partial charge >= 0.3 is 5.97 Å². The monoisotopic (exact) mass is 208 g/mol. The number of aliphatic carboxylic acids is 1. The third-order valence-corrected chi connectivity index (χ3v) is 2.82. The molecule has 0 unspecified atom stereocenters. The van der Waals surface area contributed by atoms with Crippen molar-refractivity contribution in [2.24, 2.45) is 0 Å². The van der Waals surface area contributed by atoms with Gasteiger partial charge in [0, 0.05) is 5.56 Å². The van der Waals surface area contributed by atoms with Crippen molar-refractivity contribution in [3.8, 4) is 5.75 Å². The van der Waals surface area contributed by atoms with Crippen molar-refractivity contribution in [3.05, 3.63) is 28.8 Å². The van der Waals surface area contributed by atoms with Crippen molar-refractivity contribution < 1.29 is 15.0 Å². The highest BCUT2D eigenvalue weighted by atomic mass is 16.4. The molecule has 0 spiro atoms. The number of aromatic hydroxyl groups is 1. The van der Waals surface area contributed by atoms with E-state index in [1.807, 2.05) is 13.8 Å². The normalized spacial score (nSPS) is 11.5. The molecule has 0 saturated carbocycles. The van der Waals surface area contributed by atoms with Crippen molar-refractivity contribution in [1.82, 2.24) is 0 Å². The smallest absolute Gasteiger partial charge is 0.313 e. The predicted molar refractivity (Wildman–Crippen MR) is 58.2 cm³/mol. The molecule has 3 heteroatoms. The Morgan fingerprint density at radius 1 is 1.20 bits per heavy atom. The minimum absolute atomic E-state index is 0.0468. The molecule has 0 aliphatic rings. The number of phenolic OH excluding ortho intramolecular Hbond substituents is 1. The van der Waals surface area contributed by atoms with Crippen LogP contribution in [0.4, 0.5) is 0 Å². The quantitative estimate of drug-likeness (QED) is 0.784. The van der Waals surface area contributed by atoms with Crippen molar-refractivity contribution in [2.45, 2.75) is 33.1 Å². The Hall–Kier alpha value is -1.51. The van der Waals surface area contributed by atoms with Crippen LogP contribution in [0.3, 0.4) is 0 Å². The van der Waals surface area contributed by atoms with Gasteiger partial charge in [-0.2, -0.15) is 0 Å². The summed E-state index contributed by atoms with van der Waals surface area (Å²) in [5, 5.41) is 18.8. The Bertz CT molecular complexity index is 406. The molecule has 15 heavy (non-hydrogen) atoms. The summed E-state index contributed by atoms with van der Waals surface area (Å²) in [4.78, 5) is 11.1. The van der Waals surface area contributed by atoms with Crippen LogP contribution < -0.4 is 0 Å². The van der Waals surface area contributed by atoms with Gasteiger partial charge in [0.2, 0.25) is 0 Å². The number of rotatable bonds is 2. The van der Waals surface area contributed by atoms with Gasteiger partial charge in [-0.25, -0.2) is 0 Å². The molecule has 2 N–H and O–H groups in total. The highest BCUT2D eigenvalue weighted by molar-refractivity contribution is 5.81. The van der Waals surface area contributed by atoms with Gasteiger partial charge in [-0.15, -0.1) is 0 Å². The molecule has 0 fully saturated rings. The second-order valence-electron chi connectivity index (χ2n) is 4.38. The predicted octanol–water partition coefficient (Wildman–Crippen LogP) is 2.37. The van der Waals surface area contributed by atoms with Gasteiger partial charge in [0.25, 0.3) is 0 Å². The van der Waals surface area contributed by atoms with Gasteiger partial charge in [0.15, 0.2) is 0 Å². The van der Waals surface area contributed by atoms with Crippen LogP contribution >= 0.6 is 0 Å². The third kappa shape index (κ3) is 1.96. The van der Waals surface area contributed by atoms with Gasteiger partial charge in [-0.05, 0) is 44.9 Å². The first-order valence-electron chi connectivity index (χ1n) is 4.81. The Morgan fingerprint density at radius 3 is 2.13 bits per heavy atom. The molecule has 1 aromatic carbocycles. The molecule has 0 atom stereocenters. The molecular formula is C12H16O3. The van der Waals surface area contributed by atoms with Crippen LogP contribution in [0.15, 0.2) is 12.1 Å². The van der Waals surface area contributed by atoms with Crippen LogP contribution in [0, 0.1) is 13.8 Å². The molecule has 0 amide bonds. The van der Waals surface area contributed by atoms with Gasteiger partial charge in [-0.3, -0.25) is 4.79 Å². The maximum Gasteiger partial charge on any atom is 0.313 e. The molecule has 0 radical (unpaired) electrons. The molecule has 0 saturated heterocycles. The summed E-state index contributed by atoms with van der Waals surface area (Å²) in [6.07, 6.45) is 0. The Kier molecular flexibility index (Phi) is 2.75. The highest BCUT2D eigenvalue weighted by Crippen LogP contribution is 2.33. The van der Waals surface area contributed by atoms with Gasteiger partial charge in [0.05, 0.1) is 5.41 Å². The zero-order valence-corrected chi connectivity index (χ0v) is 9.46. The van der Waals surface area contributed by atoms with E-state index in [9.17, 15) is 9.90 Å². The molecule has 0 bridgehead atoms. The maximum atomic E-state index is 11.1. The number of carbonyl (C=O) groups is 1. The van der Waals surface area contributed by atoms with E-state index in [1.165, 1.54) is 0 Å². The van der Waals surface area contributed by atoms with Gasteiger partial charge < -0.3 is 10.2 Å². The molecule has 0 aliphatic carbocycles. The van der Waals surface area contributed by atoms with Crippen LogP contribution in [0.25, 0.3) is 0 Å². The minimum Gasteiger partial charge on any atom is -0.508 e. The van der Waals surface area contributed by atoms with Crippen molar-refractivity contribution >= 4 is 5.97 Å². The highest BCUT2D eigenvalue weighted by Gasteiger charge is 2.32. The molecule has 0 aliphatic heterocycles. The number of hydrogen-bond acceptors (Lipinski definition) is 2. The Labute approximate surface area is 89.4 Å². The largest absolute Gasteiger partial charge is 0.508 e. The van der Waals surface area contributed by atoms with E-state index in [0.717, 1.165) is 11.1 Å². The summed E-state index contributed by atoms with van der Waals surface area (Å²) < 4.78 is 0. The summed E-state index contributed by atoms with van der Waals surface area (Å²) in [7, 11) is 0.